The van der Waals surface area contributed by atoms with Crippen molar-refractivity contribution in [3.05, 3.63) is 0 Å². The summed E-state index contributed by atoms with van der Waals surface area (Å²) < 4.78 is 0. The van der Waals surface area contributed by atoms with E-state index >= 15 is 0 Å². The normalized spacial score (nSPS) is 24.7. The zero-order chi connectivity index (χ0) is 13.9. The number of hydrogen-bond acceptors (Lipinski definition) is 3. The minimum atomic E-state index is -0.501. The lowest BCUT2D eigenvalue weighted by molar-refractivity contribution is -0.134. The first kappa shape index (κ1) is 14.9. The number of nitrogens with zero attached hydrogens (tertiary/aromatic N) is 1. The molecule has 0 aromatic heterocycles. The fourth-order valence-corrected chi connectivity index (χ4v) is 2.62. The number of amides is 2. The quantitative estimate of drug-likeness (QED) is 0.720. The van der Waals surface area contributed by atoms with Crippen molar-refractivity contribution in [3.8, 4) is 0 Å². The van der Waals surface area contributed by atoms with Crippen LogP contribution in [0.1, 0.15) is 26.7 Å². The van der Waals surface area contributed by atoms with Gasteiger partial charge in [-0.25, -0.2) is 0 Å². The van der Waals surface area contributed by atoms with Crippen LogP contribution in [-0.4, -0.2) is 41.8 Å². The van der Waals surface area contributed by atoms with Crippen LogP contribution in [0.2, 0.25) is 0 Å². The van der Waals surface area contributed by atoms with Crippen molar-refractivity contribution in [2.75, 3.05) is 20.1 Å². The number of nitrogens with two attached hydrogens (primary N) is 1. The van der Waals surface area contributed by atoms with Gasteiger partial charge in [-0.15, -0.1) is 0 Å². The molecule has 6 heteroatoms. The van der Waals surface area contributed by atoms with E-state index in [-0.39, 0.29) is 16.8 Å². The van der Waals surface area contributed by atoms with Crippen LogP contribution < -0.4 is 11.1 Å². The number of likely N-dealkylation sites (tertiary alicyclic amines) is 1. The Labute approximate surface area is 113 Å². The van der Waals surface area contributed by atoms with Crippen molar-refractivity contribution in [3.63, 3.8) is 0 Å². The van der Waals surface area contributed by atoms with Gasteiger partial charge in [-0.1, -0.05) is 19.1 Å². The van der Waals surface area contributed by atoms with E-state index in [9.17, 15) is 9.59 Å². The molecule has 1 fully saturated rings. The van der Waals surface area contributed by atoms with Gasteiger partial charge in [0.25, 0.3) is 0 Å². The number of thiocarbonyl (C=S) groups is 1. The molecule has 0 aromatic rings. The molecule has 5 nitrogen and oxygen atoms in total. The molecule has 1 aliphatic heterocycles. The smallest absolute Gasteiger partial charge is 0.232 e. The van der Waals surface area contributed by atoms with Crippen LogP contribution in [0.5, 0.6) is 0 Å². The maximum atomic E-state index is 12.2. The molecule has 0 saturated carbocycles. The Hall–Kier alpha value is -1.17. The first-order valence-corrected chi connectivity index (χ1v) is 6.57. The standard InChI is InChI=1S/C12H21N3O2S/c1-4-8(9(13)18)10(16)15-6-5-12(2,7-15)11(17)14-3/h8H,4-7H2,1-3H3,(H2,13,18)(H,14,17). The molecule has 0 spiro atoms. The highest BCUT2D eigenvalue weighted by atomic mass is 32.1. The average molecular weight is 271 g/mol. The Morgan fingerprint density at radius 2 is 2.17 bits per heavy atom. The molecule has 1 saturated heterocycles. The van der Waals surface area contributed by atoms with Gasteiger partial charge in [0, 0.05) is 20.1 Å². The minimum Gasteiger partial charge on any atom is -0.393 e. The molecule has 0 aliphatic carbocycles. The van der Waals surface area contributed by atoms with Gasteiger partial charge in [0.1, 0.15) is 0 Å². The fourth-order valence-electron chi connectivity index (χ4n) is 2.35. The molecule has 18 heavy (non-hydrogen) atoms. The Bertz CT molecular complexity index is 372. The number of rotatable bonds is 4. The predicted octanol–water partition coefficient (Wildman–Crippen LogP) is 0.283. The maximum absolute atomic E-state index is 12.2. The van der Waals surface area contributed by atoms with E-state index in [1.807, 2.05) is 13.8 Å². The zero-order valence-corrected chi connectivity index (χ0v) is 12.0. The highest BCUT2D eigenvalue weighted by molar-refractivity contribution is 7.80. The van der Waals surface area contributed by atoms with Crippen LogP contribution in [0.3, 0.4) is 0 Å². The van der Waals surface area contributed by atoms with Crippen LogP contribution in [-0.2, 0) is 9.59 Å². The molecule has 1 heterocycles. The van der Waals surface area contributed by atoms with Crippen LogP contribution in [0.4, 0.5) is 0 Å². The van der Waals surface area contributed by atoms with Gasteiger partial charge in [-0.05, 0) is 19.8 Å². The molecule has 3 N–H and O–H groups in total. The lowest BCUT2D eigenvalue weighted by atomic mass is 9.89. The third-order valence-corrected chi connectivity index (χ3v) is 3.89. The molecule has 2 atom stereocenters. The second kappa shape index (κ2) is 5.65. The van der Waals surface area contributed by atoms with Crippen LogP contribution >= 0.6 is 12.2 Å². The topological polar surface area (TPSA) is 75.4 Å². The molecule has 0 bridgehead atoms. The molecule has 1 rings (SSSR count). The summed E-state index contributed by atoms with van der Waals surface area (Å²) in [6.45, 7) is 4.78. The number of hydrogen-bond donors (Lipinski definition) is 2. The summed E-state index contributed by atoms with van der Waals surface area (Å²) in [6, 6.07) is 0. The Morgan fingerprint density at radius 3 is 2.61 bits per heavy atom. The summed E-state index contributed by atoms with van der Waals surface area (Å²) in [7, 11) is 1.61. The second-order valence-corrected chi connectivity index (χ2v) is 5.48. The van der Waals surface area contributed by atoms with Crippen LogP contribution in [0, 0.1) is 11.3 Å². The number of carbonyl (C=O) groups excluding carboxylic acids is 2. The van der Waals surface area contributed by atoms with E-state index < -0.39 is 11.3 Å². The molecule has 0 radical (unpaired) electrons. The Kier molecular flexibility index (Phi) is 4.67. The Balaban J connectivity index is 2.75. The maximum Gasteiger partial charge on any atom is 0.232 e. The molecule has 1 aliphatic rings. The van der Waals surface area contributed by atoms with Gasteiger partial charge in [-0.3, -0.25) is 9.59 Å². The minimum absolute atomic E-state index is 0.0267. The molecule has 102 valence electrons. The summed E-state index contributed by atoms with van der Waals surface area (Å²) in [5.41, 5.74) is 5.07. The summed E-state index contributed by atoms with van der Waals surface area (Å²) in [5, 5.41) is 2.65. The summed E-state index contributed by atoms with van der Waals surface area (Å²) >= 11 is 4.91. The van der Waals surface area contributed by atoms with Crippen LogP contribution in [0.15, 0.2) is 0 Å². The molecular weight excluding hydrogens is 250 g/mol. The number of carbonyl (C=O) groups is 2. The fraction of sp³-hybridized carbons (Fsp3) is 0.750. The van der Waals surface area contributed by atoms with Gasteiger partial charge in [0.05, 0.1) is 16.3 Å². The Morgan fingerprint density at radius 1 is 1.56 bits per heavy atom. The van der Waals surface area contributed by atoms with Gasteiger partial charge in [0.2, 0.25) is 11.8 Å². The lowest BCUT2D eigenvalue weighted by Gasteiger charge is -2.25. The van der Waals surface area contributed by atoms with Gasteiger partial charge < -0.3 is 16.0 Å². The second-order valence-electron chi connectivity index (χ2n) is 5.01. The van der Waals surface area contributed by atoms with Crippen molar-refractivity contribution in [1.82, 2.24) is 10.2 Å². The number of nitrogens with one attached hydrogen (secondary N) is 1. The molecular formula is C12H21N3O2S. The monoisotopic (exact) mass is 271 g/mol. The van der Waals surface area contributed by atoms with E-state index in [0.717, 1.165) is 0 Å². The SMILES string of the molecule is CCC(C(=O)N1CCC(C)(C(=O)NC)C1)C(N)=S. The predicted molar refractivity (Wildman–Crippen MR) is 73.9 cm³/mol. The zero-order valence-electron chi connectivity index (χ0n) is 11.2. The van der Waals surface area contributed by atoms with Crippen molar-refractivity contribution in [1.29, 1.82) is 0 Å². The molecule has 0 aromatic carbocycles. The van der Waals surface area contributed by atoms with E-state index in [0.29, 0.717) is 25.9 Å². The van der Waals surface area contributed by atoms with E-state index in [4.69, 9.17) is 18.0 Å². The highest BCUT2D eigenvalue weighted by Crippen LogP contribution is 2.31. The largest absolute Gasteiger partial charge is 0.393 e. The van der Waals surface area contributed by atoms with Crippen molar-refractivity contribution >= 4 is 29.0 Å². The first-order valence-electron chi connectivity index (χ1n) is 6.16. The molecule has 2 unspecified atom stereocenters. The van der Waals surface area contributed by atoms with Crippen molar-refractivity contribution in [2.24, 2.45) is 17.1 Å². The average Bonchev–Trinajstić information content (AvgIpc) is 2.72. The van der Waals surface area contributed by atoms with E-state index in [1.54, 1.807) is 11.9 Å². The summed E-state index contributed by atoms with van der Waals surface area (Å²) in [5.74, 6) is -0.495. The van der Waals surface area contributed by atoms with Gasteiger partial charge >= 0.3 is 0 Å². The van der Waals surface area contributed by atoms with Gasteiger partial charge in [-0.2, -0.15) is 0 Å². The van der Waals surface area contributed by atoms with E-state index in [2.05, 4.69) is 5.32 Å². The van der Waals surface area contributed by atoms with E-state index in [1.165, 1.54) is 0 Å². The summed E-state index contributed by atoms with van der Waals surface area (Å²) in [6.07, 6.45) is 1.27. The van der Waals surface area contributed by atoms with Crippen molar-refractivity contribution in [2.45, 2.75) is 26.7 Å². The lowest BCUT2D eigenvalue weighted by Crippen LogP contribution is -2.43. The van der Waals surface area contributed by atoms with Crippen LogP contribution in [0.25, 0.3) is 0 Å². The van der Waals surface area contributed by atoms with Gasteiger partial charge in [0.15, 0.2) is 0 Å². The highest BCUT2D eigenvalue weighted by Gasteiger charge is 2.42. The summed E-state index contributed by atoms with van der Waals surface area (Å²) in [4.78, 5) is 26.0. The first-order chi connectivity index (χ1) is 8.35. The molecule has 2 amide bonds. The third kappa shape index (κ3) is 2.80. The van der Waals surface area contributed by atoms with Crippen molar-refractivity contribution < 1.29 is 9.59 Å². The third-order valence-electron chi connectivity index (χ3n) is 3.61.